The second kappa shape index (κ2) is 15.9. The number of imidazole rings is 2. The molecule has 0 unspecified atom stereocenters. The number of carbonyl (C=O) groups is 3. The summed E-state index contributed by atoms with van der Waals surface area (Å²) >= 11 is 0. The molecule has 2 fully saturated rings. The topological polar surface area (TPSA) is 151 Å². The zero-order chi connectivity index (χ0) is 31.6. The first-order valence-corrected chi connectivity index (χ1v) is 16.4. The Hall–Kier alpha value is -3.83. The van der Waals surface area contributed by atoms with Crippen LogP contribution in [0.4, 0.5) is 4.79 Å². The molecule has 0 spiro atoms. The van der Waals surface area contributed by atoms with E-state index in [1.165, 1.54) is 43.0 Å². The monoisotopic (exact) mass is 618 g/mol. The average Bonchev–Trinajstić information content (AvgIpc) is 3.85. The molecule has 11 nitrogen and oxygen atoms in total. The summed E-state index contributed by atoms with van der Waals surface area (Å²) in [4.78, 5) is 50.8. The van der Waals surface area contributed by atoms with E-state index in [0.29, 0.717) is 23.9 Å². The molecular formula is C34H46N6O5. The highest BCUT2D eigenvalue weighted by molar-refractivity contribution is 5.98. The summed E-state index contributed by atoms with van der Waals surface area (Å²) in [7, 11) is 0. The van der Waals surface area contributed by atoms with E-state index in [4.69, 9.17) is 4.74 Å². The zero-order valence-corrected chi connectivity index (χ0v) is 26.1. The molecule has 3 aromatic rings. The largest absolute Gasteiger partial charge is 0.452 e. The van der Waals surface area contributed by atoms with Crippen LogP contribution < -0.4 is 10.6 Å². The van der Waals surface area contributed by atoms with Crippen LogP contribution in [-0.4, -0.2) is 60.7 Å². The van der Waals surface area contributed by atoms with Crippen LogP contribution in [-0.2, 0) is 27.2 Å². The minimum Gasteiger partial charge on any atom is -0.452 e. The lowest BCUT2D eigenvalue weighted by Gasteiger charge is -2.31. The molecule has 4 atom stereocenters. The van der Waals surface area contributed by atoms with Gasteiger partial charge in [-0.1, -0.05) is 75.3 Å². The van der Waals surface area contributed by atoms with Gasteiger partial charge >= 0.3 is 12.0 Å². The molecule has 2 amide bonds. The van der Waals surface area contributed by atoms with Crippen LogP contribution >= 0.6 is 0 Å². The van der Waals surface area contributed by atoms with Gasteiger partial charge in [-0.25, -0.2) is 14.8 Å². The van der Waals surface area contributed by atoms with E-state index >= 15 is 0 Å². The van der Waals surface area contributed by atoms with Crippen molar-refractivity contribution in [2.75, 3.05) is 0 Å². The number of ether oxygens (including phenoxy) is 1. The van der Waals surface area contributed by atoms with Crippen LogP contribution in [0.2, 0.25) is 0 Å². The molecule has 4 N–H and O–H groups in total. The Kier molecular flexibility index (Phi) is 11.5. The molecule has 0 saturated heterocycles. The highest BCUT2D eigenvalue weighted by atomic mass is 16.5. The maximum atomic E-state index is 13.2. The third kappa shape index (κ3) is 9.34. The number of nitrogens with zero attached hydrogens (tertiary/aromatic N) is 3. The molecular weight excluding hydrogens is 572 g/mol. The van der Waals surface area contributed by atoms with E-state index in [2.05, 4.69) is 25.6 Å². The molecule has 2 saturated carbocycles. The van der Waals surface area contributed by atoms with Crippen molar-refractivity contribution >= 4 is 17.9 Å². The summed E-state index contributed by atoms with van der Waals surface area (Å²) < 4.78 is 6.90. The molecule has 2 heterocycles. The number of amides is 2. The van der Waals surface area contributed by atoms with Crippen molar-refractivity contribution in [2.24, 2.45) is 11.8 Å². The fourth-order valence-electron chi connectivity index (χ4n) is 6.68. The first-order valence-electron chi connectivity index (χ1n) is 16.4. The van der Waals surface area contributed by atoms with Gasteiger partial charge in [0.15, 0.2) is 6.10 Å². The van der Waals surface area contributed by atoms with Crippen molar-refractivity contribution in [3.63, 3.8) is 0 Å². The number of hydrogen-bond acceptors (Lipinski definition) is 8. The molecule has 2 aromatic heterocycles. The number of aliphatic hydroxyl groups excluding tert-OH is 1. The lowest BCUT2D eigenvalue weighted by atomic mass is 9.83. The van der Waals surface area contributed by atoms with Crippen molar-refractivity contribution in [2.45, 2.75) is 108 Å². The number of benzene rings is 1. The molecule has 45 heavy (non-hydrogen) atoms. The van der Waals surface area contributed by atoms with Gasteiger partial charge in [-0.15, -0.1) is 0 Å². The Bertz CT molecular complexity index is 1360. The molecule has 2 aliphatic carbocycles. The Morgan fingerprint density at radius 2 is 1.76 bits per heavy atom. The number of aliphatic hydroxyl groups is 1. The van der Waals surface area contributed by atoms with Gasteiger partial charge in [0.05, 0.1) is 11.6 Å². The summed E-state index contributed by atoms with van der Waals surface area (Å²) in [5.74, 6) is -0.169. The Labute approximate surface area is 264 Å². The maximum Gasteiger partial charge on any atom is 0.333 e. The molecule has 0 bridgehead atoms. The third-order valence-corrected chi connectivity index (χ3v) is 9.11. The second-order valence-electron chi connectivity index (χ2n) is 12.7. The second-order valence-corrected chi connectivity index (χ2v) is 12.7. The van der Waals surface area contributed by atoms with Gasteiger partial charge < -0.3 is 20.1 Å². The number of aromatic nitrogens is 4. The van der Waals surface area contributed by atoms with Gasteiger partial charge in [0, 0.05) is 43.5 Å². The summed E-state index contributed by atoms with van der Waals surface area (Å²) in [5.41, 5.74) is 1.49. The standard InChI is InChI=1S/C34H46N6O5/c1-23(38-28(19-24-10-4-2-5-11-24)30(41)31-35-16-17-36-31)18-27-21-40(22-37-27)34(44)39-32(42)29(20-25-12-6-3-7-13-25)45-33(43)26-14-8-9-15-26/h3,6-7,12-13,16-17,21-24,26,28-30,38,41H,2,4-5,8-11,14-15,18-20H2,1H3,(H,35,36)(H,39,42,44)/t23-,28+,29+,30-/m1/s1. The highest BCUT2D eigenvalue weighted by Gasteiger charge is 2.31. The SMILES string of the molecule is C[C@H](Cc1cn(C(=O)NC(=O)[C@H](Cc2ccccc2)OC(=O)C2CCCC2)cn1)N[C@@H](CC1CCCCC1)[C@@H](O)c1ncc[nH]1. The fraction of sp³-hybridized carbons (Fsp3) is 0.559. The molecule has 5 rings (SSSR count). The first kappa shape index (κ1) is 32.6. The highest BCUT2D eigenvalue weighted by Crippen LogP contribution is 2.30. The molecule has 242 valence electrons. The predicted molar refractivity (Wildman–Crippen MR) is 168 cm³/mol. The van der Waals surface area contributed by atoms with Crippen molar-refractivity contribution < 1.29 is 24.2 Å². The number of carbonyl (C=O) groups excluding carboxylic acids is 3. The van der Waals surface area contributed by atoms with Crippen LogP contribution in [0.25, 0.3) is 0 Å². The molecule has 0 aliphatic heterocycles. The summed E-state index contributed by atoms with van der Waals surface area (Å²) in [5, 5.41) is 17.1. The summed E-state index contributed by atoms with van der Waals surface area (Å²) in [6, 6.07) is 8.38. The van der Waals surface area contributed by atoms with Gasteiger partial charge in [0.2, 0.25) is 0 Å². The van der Waals surface area contributed by atoms with Crippen molar-refractivity contribution in [3.05, 3.63) is 72.3 Å². The summed E-state index contributed by atoms with van der Waals surface area (Å²) in [6.07, 6.45) is 15.5. The molecule has 2 aliphatic rings. The van der Waals surface area contributed by atoms with Crippen LogP contribution in [0.15, 0.2) is 55.2 Å². The van der Waals surface area contributed by atoms with Gasteiger partial charge in [0.1, 0.15) is 18.3 Å². The molecule has 0 radical (unpaired) electrons. The summed E-state index contributed by atoms with van der Waals surface area (Å²) in [6.45, 7) is 2.03. The normalized spacial score (nSPS) is 18.6. The van der Waals surface area contributed by atoms with Gasteiger partial charge in [-0.2, -0.15) is 0 Å². The Morgan fingerprint density at radius 3 is 2.47 bits per heavy atom. The first-order chi connectivity index (χ1) is 21.9. The minimum atomic E-state index is -1.13. The fourth-order valence-corrected chi connectivity index (χ4v) is 6.68. The van der Waals surface area contributed by atoms with Crippen LogP contribution in [0.5, 0.6) is 0 Å². The van der Waals surface area contributed by atoms with E-state index in [-0.39, 0.29) is 30.4 Å². The number of H-pyrrole nitrogens is 1. The minimum absolute atomic E-state index is 0.0542. The molecule has 11 heteroatoms. The zero-order valence-electron chi connectivity index (χ0n) is 26.1. The van der Waals surface area contributed by atoms with Crippen molar-refractivity contribution in [1.29, 1.82) is 0 Å². The lowest BCUT2D eigenvalue weighted by Crippen LogP contribution is -2.44. The Balaban J connectivity index is 1.18. The quantitative estimate of drug-likeness (QED) is 0.203. The lowest BCUT2D eigenvalue weighted by molar-refractivity contribution is -0.159. The van der Waals surface area contributed by atoms with Gasteiger partial charge in [0.25, 0.3) is 5.91 Å². The van der Waals surface area contributed by atoms with E-state index in [1.54, 1.807) is 18.6 Å². The Morgan fingerprint density at radius 1 is 1.02 bits per heavy atom. The van der Waals surface area contributed by atoms with E-state index in [0.717, 1.165) is 37.7 Å². The number of rotatable bonds is 13. The van der Waals surface area contributed by atoms with Crippen LogP contribution in [0.1, 0.15) is 94.3 Å². The van der Waals surface area contributed by atoms with Gasteiger partial charge in [-0.3, -0.25) is 19.5 Å². The van der Waals surface area contributed by atoms with Gasteiger partial charge in [-0.05, 0) is 37.7 Å². The molecule has 1 aromatic carbocycles. The smallest absolute Gasteiger partial charge is 0.333 e. The van der Waals surface area contributed by atoms with E-state index in [1.807, 2.05) is 37.3 Å². The number of esters is 1. The number of hydrogen-bond donors (Lipinski definition) is 4. The van der Waals surface area contributed by atoms with Crippen molar-refractivity contribution in [3.8, 4) is 0 Å². The predicted octanol–water partition coefficient (Wildman–Crippen LogP) is 4.63. The van der Waals surface area contributed by atoms with E-state index < -0.39 is 24.1 Å². The maximum absolute atomic E-state index is 13.2. The van der Waals surface area contributed by atoms with Crippen LogP contribution in [0, 0.1) is 11.8 Å². The van der Waals surface area contributed by atoms with E-state index in [9.17, 15) is 19.5 Å². The van der Waals surface area contributed by atoms with Crippen molar-refractivity contribution in [1.82, 2.24) is 30.2 Å². The number of aromatic amines is 1. The number of nitrogens with one attached hydrogen (secondary N) is 3. The number of imide groups is 1. The third-order valence-electron chi connectivity index (χ3n) is 9.11. The van der Waals surface area contributed by atoms with Crippen LogP contribution in [0.3, 0.4) is 0 Å². The average molecular weight is 619 g/mol.